The summed E-state index contributed by atoms with van der Waals surface area (Å²) in [5, 5.41) is 3.16. The minimum absolute atomic E-state index is 0.335. The van der Waals surface area contributed by atoms with Crippen LogP contribution in [-0.2, 0) is 14.8 Å². The van der Waals surface area contributed by atoms with E-state index in [-0.39, 0.29) is 0 Å². The van der Waals surface area contributed by atoms with E-state index in [0.717, 1.165) is 10.6 Å². The molecule has 0 heterocycles. The number of halogens is 1. The molecule has 2 aromatic rings. The third kappa shape index (κ3) is 5.05. The van der Waals surface area contributed by atoms with E-state index in [0.29, 0.717) is 27.9 Å². The molecular weight excluding hydrogens is 392 g/mol. The van der Waals surface area contributed by atoms with E-state index in [9.17, 15) is 13.2 Å². The highest BCUT2D eigenvalue weighted by Gasteiger charge is 2.29. The normalized spacial score (nSPS) is 12.2. The van der Waals surface area contributed by atoms with Crippen LogP contribution in [0.5, 0.6) is 11.5 Å². The number of methoxy groups -OCH3 is 2. The van der Waals surface area contributed by atoms with Crippen LogP contribution in [0.25, 0.3) is 0 Å². The van der Waals surface area contributed by atoms with Crippen LogP contribution in [0.4, 0.5) is 11.4 Å². The van der Waals surface area contributed by atoms with Gasteiger partial charge >= 0.3 is 0 Å². The average molecular weight is 413 g/mol. The number of carbonyl (C=O) groups excluding carboxylic acids is 1. The Hall–Kier alpha value is -2.45. The lowest BCUT2D eigenvalue weighted by molar-refractivity contribution is -0.116. The third-order valence-corrected chi connectivity index (χ3v) is 5.33. The number of benzene rings is 2. The number of nitrogens with zero attached hydrogens (tertiary/aromatic N) is 1. The SMILES string of the molecule is COc1ccc(OC)c(NC(=O)[C@H](C)N(c2ccc(Cl)cc2)S(C)(=O)=O)c1. The van der Waals surface area contributed by atoms with Gasteiger partial charge in [0.25, 0.3) is 0 Å². The van der Waals surface area contributed by atoms with Crippen molar-refractivity contribution in [2.75, 3.05) is 30.1 Å². The van der Waals surface area contributed by atoms with E-state index in [4.69, 9.17) is 21.1 Å². The molecule has 2 rings (SSSR count). The summed E-state index contributed by atoms with van der Waals surface area (Å²) in [4.78, 5) is 12.8. The summed E-state index contributed by atoms with van der Waals surface area (Å²) in [5.74, 6) is 0.423. The molecule has 0 aliphatic carbocycles. The average Bonchev–Trinajstić information content (AvgIpc) is 2.62. The van der Waals surface area contributed by atoms with Gasteiger partial charge in [-0.15, -0.1) is 0 Å². The largest absolute Gasteiger partial charge is 0.497 e. The van der Waals surface area contributed by atoms with E-state index in [1.54, 1.807) is 42.5 Å². The van der Waals surface area contributed by atoms with E-state index in [1.165, 1.54) is 21.1 Å². The van der Waals surface area contributed by atoms with Gasteiger partial charge in [-0.1, -0.05) is 11.6 Å². The Labute approximate surface area is 163 Å². The van der Waals surface area contributed by atoms with Gasteiger partial charge in [-0.05, 0) is 43.3 Å². The molecule has 1 atom stereocenters. The minimum Gasteiger partial charge on any atom is -0.497 e. The molecule has 0 spiro atoms. The Morgan fingerprint density at radius 1 is 1.11 bits per heavy atom. The van der Waals surface area contributed by atoms with Crippen molar-refractivity contribution in [3.05, 3.63) is 47.5 Å². The number of amides is 1. The molecular formula is C18H21ClN2O5S. The molecule has 2 aromatic carbocycles. The van der Waals surface area contributed by atoms with Crippen LogP contribution in [-0.4, -0.2) is 40.8 Å². The van der Waals surface area contributed by atoms with Crippen LogP contribution < -0.4 is 19.1 Å². The Balaban J connectivity index is 2.34. The molecule has 0 bridgehead atoms. The Morgan fingerprint density at radius 3 is 2.26 bits per heavy atom. The smallest absolute Gasteiger partial charge is 0.248 e. The fourth-order valence-electron chi connectivity index (χ4n) is 2.55. The molecule has 1 amide bonds. The molecule has 0 unspecified atom stereocenters. The van der Waals surface area contributed by atoms with Gasteiger partial charge in [0.05, 0.1) is 31.9 Å². The Morgan fingerprint density at radius 2 is 1.74 bits per heavy atom. The lowest BCUT2D eigenvalue weighted by Crippen LogP contribution is -2.45. The van der Waals surface area contributed by atoms with E-state index in [2.05, 4.69) is 5.32 Å². The van der Waals surface area contributed by atoms with Crippen molar-refractivity contribution in [2.45, 2.75) is 13.0 Å². The summed E-state index contributed by atoms with van der Waals surface area (Å²) in [6, 6.07) is 10.1. The predicted octanol–water partition coefficient (Wildman–Crippen LogP) is 3.15. The van der Waals surface area contributed by atoms with Crippen molar-refractivity contribution in [1.82, 2.24) is 0 Å². The van der Waals surface area contributed by atoms with Crippen LogP contribution in [0.2, 0.25) is 5.02 Å². The quantitative estimate of drug-likeness (QED) is 0.755. The lowest BCUT2D eigenvalue weighted by Gasteiger charge is -2.28. The number of rotatable bonds is 7. The summed E-state index contributed by atoms with van der Waals surface area (Å²) in [6.07, 6.45) is 1.04. The maximum atomic E-state index is 12.8. The van der Waals surface area contributed by atoms with Gasteiger partial charge in [-0.2, -0.15) is 0 Å². The number of ether oxygens (including phenoxy) is 2. The fourth-order valence-corrected chi connectivity index (χ4v) is 3.85. The molecule has 7 nitrogen and oxygen atoms in total. The van der Waals surface area contributed by atoms with Gasteiger partial charge in [-0.25, -0.2) is 8.42 Å². The number of anilines is 2. The van der Waals surface area contributed by atoms with Gasteiger partial charge in [0.15, 0.2) is 0 Å². The van der Waals surface area contributed by atoms with Crippen molar-refractivity contribution < 1.29 is 22.7 Å². The summed E-state index contributed by atoms with van der Waals surface area (Å²) >= 11 is 5.87. The van der Waals surface area contributed by atoms with E-state index < -0.39 is 22.0 Å². The molecule has 0 aliphatic rings. The number of sulfonamides is 1. The molecule has 1 N–H and O–H groups in total. The first kappa shape index (κ1) is 20.9. The zero-order valence-corrected chi connectivity index (χ0v) is 17.0. The molecule has 27 heavy (non-hydrogen) atoms. The van der Waals surface area contributed by atoms with Crippen LogP contribution in [0.15, 0.2) is 42.5 Å². The van der Waals surface area contributed by atoms with E-state index in [1.807, 2.05) is 0 Å². The molecule has 0 aliphatic heterocycles. The van der Waals surface area contributed by atoms with E-state index >= 15 is 0 Å². The monoisotopic (exact) mass is 412 g/mol. The van der Waals surface area contributed by atoms with Gasteiger partial charge in [0.2, 0.25) is 15.9 Å². The topological polar surface area (TPSA) is 84.9 Å². The highest BCUT2D eigenvalue weighted by molar-refractivity contribution is 7.92. The lowest BCUT2D eigenvalue weighted by atomic mass is 10.2. The standard InChI is InChI=1S/C18H21ClN2O5S/c1-12(21(27(4,23)24)14-7-5-13(19)6-8-14)18(22)20-16-11-15(25-2)9-10-17(16)26-3/h5-12H,1-4H3,(H,20,22)/t12-/m0/s1. The fraction of sp³-hybridized carbons (Fsp3) is 0.278. The number of carbonyl (C=O) groups is 1. The minimum atomic E-state index is -3.72. The van der Waals surface area contributed by atoms with Crippen molar-refractivity contribution in [3.8, 4) is 11.5 Å². The zero-order valence-electron chi connectivity index (χ0n) is 15.4. The van der Waals surface area contributed by atoms with Crippen LogP contribution >= 0.6 is 11.6 Å². The Kier molecular flexibility index (Phi) is 6.56. The molecule has 0 radical (unpaired) electrons. The van der Waals surface area contributed by atoms with Crippen molar-refractivity contribution in [1.29, 1.82) is 0 Å². The molecule has 9 heteroatoms. The first-order valence-electron chi connectivity index (χ1n) is 7.95. The summed E-state index contributed by atoms with van der Waals surface area (Å²) in [6.45, 7) is 1.50. The zero-order chi connectivity index (χ0) is 20.2. The second-order valence-corrected chi connectivity index (χ2v) is 8.06. The van der Waals surface area contributed by atoms with Crippen LogP contribution in [0, 0.1) is 0 Å². The molecule has 0 fully saturated rings. The Bertz CT molecular complexity index is 916. The summed E-state index contributed by atoms with van der Waals surface area (Å²) in [5.41, 5.74) is 0.709. The number of hydrogen-bond donors (Lipinski definition) is 1. The molecule has 146 valence electrons. The van der Waals surface area contributed by atoms with Gasteiger partial charge in [-0.3, -0.25) is 9.10 Å². The van der Waals surface area contributed by atoms with Gasteiger partial charge < -0.3 is 14.8 Å². The summed E-state index contributed by atoms with van der Waals surface area (Å²) in [7, 11) is -0.751. The summed E-state index contributed by atoms with van der Waals surface area (Å²) < 4.78 is 36.0. The van der Waals surface area contributed by atoms with Gasteiger partial charge in [0, 0.05) is 11.1 Å². The number of nitrogens with one attached hydrogen (secondary N) is 1. The van der Waals surface area contributed by atoms with Crippen LogP contribution in [0.3, 0.4) is 0 Å². The predicted molar refractivity (Wildman–Crippen MR) is 106 cm³/mol. The van der Waals surface area contributed by atoms with Crippen molar-refractivity contribution in [2.24, 2.45) is 0 Å². The van der Waals surface area contributed by atoms with Crippen molar-refractivity contribution >= 4 is 38.9 Å². The second-order valence-electron chi connectivity index (χ2n) is 5.77. The molecule has 0 saturated carbocycles. The molecule has 0 saturated heterocycles. The third-order valence-electron chi connectivity index (χ3n) is 3.83. The highest BCUT2D eigenvalue weighted by atomic mass is 35.5. The number of hydrogen-bond acceptors (Lipinski definition) is 5. The first-order valence-corrected chi connectivity index (χ1v) is 10.2. The first-order chi connectivity index (χ1) is 12.7. The maximum absolute atomic E-state index is 12.8. The second kappa shape index (κ2) is 8.49. The van der Waals surface area contributed by atoms with Gasteiger partial charge in [0.1, 0.15) is 17.5 Å². The highest BCUT2D eigenvalue weighted by Crippen LogP contribution is 2.30. The van der Waals surface area contributed by atoms with Crippen LogP contribution in [0.1, 0.15) is 6.92 Å². The molecule has 0 aromatic heterocycles. The maximum Gasteiger partial charge on any atom is 0.248 e. The van der Waals surface area contributed by atoms with Crippen molar-refractivity contribution in [3.63, 3.8) is 0 Å².